The summed E-state index contributed by atoms with van der Waals surface area (Å²) in [5.41, 5.74) is 0.404. The van der Waals surface area contributed by atoms with Crippen molar-refractivity contribution >= 4 is 5.97 Å². The molecule has 0 spiro atoms. The highest BCUT2D eigenvalue weighted by Crippen LogP contribution is 2.68. The molecule has 386 valence electrons. The van der Waals surface area contributed by atoms with Crippen LogP contribution in [0, 0.1) is 52.3 Å². The van der Waals surface area contributed by atoms with E-state index in [4.69, 9.17) is 33.2 Å². The highest BCUT2D eigenvalue weighted by Gasteiger charge is 2.68. The van der Waals surface area contributed by atoms with E-state index in [1.54, 1.807) is 6.92 Å². The van der Waals surface area contributed by atoms with Crippen molar-refractivity contribution in [2.24, 2.45) is 52.3 Å². The number of carbonyl (C=O) groups is 1. The second kappa shape index (κ2) is 21.0. The second-order valence-electron chi connectivity index (χ2n) is 22.2. The Morgan fingerprint density at radius 1 is 0.761 bits per heavy atom. The number of esters is 1. The fourth-order valence-electron chi connectivity index (χ4n) is 14.2. The second-order valence-corrected chi connectivity index (χ2v) is 22.2. The average Bonchev–Trinajstić information content (AvgIpc) is 3.51. The molecular weight excluding hydrogens is 877 g/mol. The molecule has 0 radical (unpaired) electrons. The van der Waals surface area contributed by atoms with Gasteiger partial charge in [0.15, 0.2) is 18.9 Å². The molecule has 67 heavy (non-hydrogen) atoms. The van der Waals surface area contributed by atoms with Gasteiger partial charge in [0.1, 0.15) is 73.2 Å². The Labute approximate surface area is 394 Å². The van der Waals surface area contributed by atoms with Crippen molar-refractivity contribution in [2.45, 2.75) is 230 Å². The maximum absolute atomic E-state index is 13.1. The van der Waals surface area contributed by atoms with Crippen LogP contribution in [-0.2, 0) is 38.0 Å². The van der Waals surface area contributed by atoms with Gasteiger partial charge in [-0.2, -0.15) is 0 Å². The molecule has 0 bridgehead atoms. The van der Waals surface area contributed by atoms with Crippen molar-refractivity contribution in [3.63, 3.8) is 0 Å². The minimum absolute atomic E-state index is 0.0162. The summed E-state index contributed by atoms with van der Waals surface area (Å²) in [7, 11) is 0. The molecule has 3 heterocycles. The molecular formula is C49H82O18. The first kappa shape index (κ1) is 53.4. The van der Waals surface area contributed by atoms with Crippen molar-refractivity contribution in [3.05, 3.63) is 11.6 Å². The van der Waals surface area contributed by atoms with E-state index in [0.717, 1.165) is 19.3 Å². The van der Waals surface area contributed by atoms with Crippen LogP contribution in [0.4, 0.5) is 0 Å². The summed E-state index contributed by atoms with van der Waals surface area (Å²) >= 11 is 0. The lowest BCUT2D eigenvalue weighted by Crippen LogP contribution is -2.64. The van der Waals surface area contributed by atoms with Gasteiger partial charge in [0.25, 0.3) is 0 Å². The van der Waals surface area contributed by atoms with Gasteiger partial charge in [0.05, 0.1) is 31.0 Å². The Balaban J connectivity index is 1.17. The number of fused-ring (bicyclic) bond motifs is 5. The van der Waals surface area contributed by atoms with Gasteiger partial charge < -0.3 is 84.2 Å². The smallest absolute Gasteiger partial charge is 0.303 e. The normalized spacial score (nSPS) is 50.4. The molecule has 6 fully saturated rings. The molecule has 3 saturated carbocycles. The van der Waals surface area contributed by atoms with Crippen molar-refractivity contribution in [1.29, 1.82) is 0 Å². The molecule has 0 unspecified atom stereocenters. The maximum atomic E-state index is 13.1. The average molecular weight is 959 g/mol. The van der Waals surface area contributed by atoms with E-state index in [-0.39, 0.29) is 46.8 Å². The highest BCUT2D eigenvalue weighted by atomic mass is 16.8. The fraction of sp³-hybridized carbons (Fsp3) is 0.939. The van der Waals surface area contributed by atoms with Crippen LogP contribution in [0.25, 0.3) is 0 Å². The Hall–Kier alpha value is -1.43. The van der Waals surface area contributed by atoms with Crippen LogP contribution < -0.4 is 0 Å². The lowest BCUT2D eigenvalue weighted by Gasteiger charge is -2.59. The Morgan fingerprint density at radius 3 is 1.91 bits per heavy atom. The van der Waals surface area contributed by atoms with Crippen molar-refractivity contribution in [2.75, 3.05) is 6.61 Å². The molecule has 0 aromatic carbocycles. The van der Waals surface area contributed by atoms with E-state index in [9.17, 15) is 55.9 Å². The minimum Gasteiger partial charge on any atom is -0.459 e. The number of aliphatic hydroxyl groups is 10. The van der Waals surface area contributed by atoms with Crippen molar-refractivity contribution in [3.8, 4) is 0 Å². The van der Waals surface area contributed by atoms with Crippen LogP contribution in [0.15, 0.2) is 11.6 Å². The third kappa shape index (κ3) is 9.93. The van der Waals surface area contributed by atoms with Crippen LogP contribution in [0.3, 0.4) is 0 Å². The molecule has 4 aliphatic carbocycles. The summed E-state index contributed by atoms with van der Waals surface area (Å²) in [6, 6.07) is 0. The minimum atomic E-state index is -1.69. The quantitative estimate of drug-likeness (QED) is 0.0860. The zero-order valence-electron chi connectivity index (χ0n) is 40.7. The number of carbonyl (C=O) groups excluding carboxylic acids is 1. The van der Waals surface area contributed by atoms with Crippen LogP contribution in [0.1, 0.15) is 114 Å². The highest BCUT2D eigenvalue weighted by molar-refractivity contribution is 5.66. The molecule has 27 atom stereocenters. The van der Waals surface area contributed by atoms with Crippen LogP contribution in [0.5, 0.6) is 0 Å². The third-order valence-electron chi connectivity index (χ3n) is 17.8. The zero-order chi connectivity index (χ0) is 49.2. The van der Waals surface area contributed by atoms with E-state index in [0.29, 0.717) is 32.1 Å². The van der Waals surface area contributed by atoms with Gasteiger partial charge in [-0.3, -0.25) is 4.79 Å². The van der Waals surface area contributed by atoms with E-state index in [1.165, 1.54) is 19.4 Å². The molecule has 18 nitrogen and oxygen atoms in total. The number of hydrogen-bond acceptors (Lipinski definition) is 18. The SMILES string of the molecule is CC[C@@H](C(C)C)[C@H](O)C[C@@H](C)[C@H]1[C@@H](OC(C)=O)[C@@H](O[C@@H]2O[C@@H](C)[C@H](O)[C@@H](O)[C@H]2O)[C@@H]2[C@@H]3CC=C4C[C@@H](O[C@@H]5O[C@H](CO)[C@@H](O)[C@H](O)[C@H]5O[C@@H]5O[C@@H](C)[C@H](O)[C@@H](O)[C@H]5O)CC[C@]4(C)[C@H]3CC[C@]12C. The molecule has 10 N–H and O–H groups in total. The topological polar surface area (TPSA) is 284 Å². The Kier molecular flexibility index (Phi) is 16.7. The number of aliphatic hydroxyl groups excluding tert-OH is 10. The predicted octanol–water partition coefficient (Wildman–Crippen LogP) is 1.04. The van der Waals surface area contributed by atoms with Crippen LogP contribution in [0.2, 0.25) is 0 Å². The van der Waals surface area contributed by atoms with Gasteiger partial charge in [-0.05, 0) is 105 Å². The van der Waals surface area contributed by atoms with Crippen LogP contribution in [-0.4, -0.2) is 180 Å². The van der Waals surface area contributed by atoms with Gasteiger partial charge >= 0.3 is 5.97 Å². The number of ether oxygens (including phenoxy) is 7. The zero-order valence-corrected chi connectivity index (χ0v) is 40.7. The largest absolute Gasteiger partial charge is 0.459 e. The summed E-state index contributed by atoms with van der Waals surface area (Å²) < 4.78 is 43.5. The molecule has 7 aliphatic rings. The number of allylic oxidation sites excluding steroid dienone is 1. The van der Waals surface area contributed by atoms with Crippen molar-refractivity contribution in [1.82, 2.24) is 0 Å². The molecule has 3 saturated heterocycles. The van der Waals surface area contributed by atoms with E-state index >= 15 is 0 Å². The first-order valence-corrected chi connectivity index (χ1v) is 25.0. The van der Waals surface area contributed by atoms with Gasteiger partial charge in [-0.25, -0.2) is 0 Å². The summed E-state index contributed by atoms with van der Waals surface area (Å²) in [6.07, 6.45) is -16.0. The fourth-order valence-corrected chi connectivity index (χ4v) is 14.2. The molecule has 0 aromatic rings. The van der Waals surface area contributed by atoms with Crippen LogP contribution >= 0.6 is 0 Å². The monoisotopic (exact) mass is 959 g/mol. The molecule has 0 amide bonds. The first-order chi connectivity index (χ1) is 31.5. The summed E-state index contributed by atoms with van der Waals surface area (Å²) in [5, 5.41) is 108. The van der Waals surface area contributed by atoms with Gasteiger partial charge in [0, 0.05) is 12.8 Å². The van der Waals surface area contributed by atoms with E-state index in [1.807, 2.05) is 0 Å². The Bertz CT molecular complexity index is 1700. The standard InChI is InChI=1S/C49H82O18/c1-10-27(20(2)3)30(52)17-21(4)32-42(63-24(7)51)43(66-45-40(59)37(56)34(53)22(5)61-45)33-28-12-11-25-18-26(13-15-48(25,8)29(28)14-16-49(32,33)9)64-47-44(39(58)36(55)31(19-50)65-47)67-46-41(60)38(57)35(54)23(6)62-46/h11,20-23,26-47,50,52-60H,10,12-19H2,1-9H3/t21-,22+,23+,26+,27+,28-,29+,30-,31-,32+,33+,34+,35+,36-,37-,38-,39+,40-,41-,42-,43+,44-,45+,46+,47-,48+,49-/m1/s1. The third-order valence-corrected chi connectivity index (χ3v) is 17.8. The lowest BCUT2D eigenvalue weighted by molar-refractivity contribution is -0.369. The number of hydrogen-bond donors (Lipinski definition) is 10. The summed E-state index contributed by atoms with van der Waals surface area (Å²) in [6.45, 7) is 16.8. The lowest BCUT2D eigenvalue weighted by atomic mass is 9.46. The predicted molar refractivity (Wildman–Crippen MR) is 237 cm³/mol. The summed E-state index contributed by atoms with van der Waals surface area (Å²) in [4.78, 5) is 13.1. The summed E-state index contributed by atoms with van der Waals surface area (Å²) in [5.74, 6) is -0.577. The van der Waals surface area contributed by atoms with E-state index in [2.05, 4.69) is 47.6 Å². The van der Waals surface area contributed by atoms with Gasteiger partial charge in [0.2, 0.25) is 0 Å². The first-order valence-electron chi connectivity index (χ1n) is 25.0. The van der Waals surface area contributed by atoms with Gasteiger partial charge in [-0.1, -0.05) is 59.6 Å². The Morgan fingerprint density at radius 2 is 1.36 bits per heavy atom. The van der Waals surface area contributed by atoms with E-state index < -0.39 is 135 Å². The molecule has 7 rings (SSSR count). The van der Waals surface area contributed by atoms with Crippen molar-refractivity contribution < 1.29 is 89.0 Å². The number of rotatable bonds is 14. The maximum Gasteiger partial charge on any atom is 0.303 e. The molecule has 3 aliphatic heterocycles. The van der Waals surface area contributed by atoms with Gasteiger partial charge in [-0.15, -0.1) is 0 Å². The molecule has 0 aromatic heterocycles. The molecule has 18 heteroatoms.